The van der Waals surface area contributed by atoms with Crippen molar-refractivity contribution in [2.45, 2.75) is 32.2 Å². The van der Waals surface area contributed by atoms with Crippen LogP contribution in [-0.4, -0.2) is 23.6 Å². The summed E-state index contributed by atoms with van der Waals surface area (Å²) in [5.74, 6) is -0.335. The molecule has 4 nitrogen and oxygen atoms in total. The minimum absolute atomic E-state index is 0.252. The highest BCUT2D eigenvalue weighted by Gasteiger charge is 2.16. The standard InChI is InChI=1S/C18H20N2O2/c1-2-22-18(21)14-6-8-17(20-11-14)13-4-3-12-5-7-16(19)10-15(12)9-13/h3-4,6,8-9,11,16H,2,5,7,10,19H2,1H3. The highest BCUT2D eigenvalue weighted by atomic mass is 16.5. The molecule has 1 aliphatic rings. The number of hydrogen-bond acceptors (Lipinski definition) is 4. The Morgan fingerprint density at radius 2 is 2.18 bits per heavy atom. The molecule has 0 bridgehead atoms. The van der Waals surface area contributed by atoms with Crippen molar-refractivity contribution in [1.29, 1.82) is 0 Å². The molecule has 0 amide bonds. The zero-order chi connectivity index (χ0) is 15.5. The number of pyridine rings is 1. The van der Waals surface area contributed by atoms with E-state index in [9.17, 15) is 4.79 Å². The summed E-state index contributed by atoms with van der Waals surface area (Å²) < 4.78 is 4.97. The Kier molecular flexibility index (Phi) is 4.20. The highest BCUT2D eigenvalue weighted by Crippen LogP contribution is 2.26. The molecule has 2 N–H and O–H groups in total. The van der Waals surface area contributed by atoms with Crippen LogP contribution in [0.3, 0.4) is 0 Å². The largest absolute Gasteiger partial charge is 0.462 e. The van der Waals surface area contributed by atoms with Crippen LogP contribution in [0, 0.1) is 0 Å². The quantitative estimate of drug-likeness (QED) is 0.885. The van der Waals surface area contributed by atoms with Gasteiger partial charge in [-0.2, -0.15) is 0 Å². The Morgan fingerprint density at radius 3 is 2.91 bits per heavy atom. The first kappa shape index (κ1) is 14.7. The molecule has 0 saturated heterocycles. The Morgan fingerprint density at radius 1 is 1.32 bits per heavy atom. The van der Waals surface area contributed by atoms with E-state index >= 15 is 0 Å². The Balaban J connectivity index is 1.85. The van der Waals surface area contributed by atoms with Crippen molar-refractivity contribution in [2.24, 2.45) is 5.73 Å². The van der Waals surface area contributed by atoms with Gasteiger partial charge < -0.3 is 10.5 Å². The predicted molar refractivity (Wildman–Crippen MR) is 85.6 cm³/mol. The number of carbonyl (C=O) groups is 1. The molecule has 1 unspecified atom stereocenters. The number of aromatic nitrogens is 1. The molecule has 22 heavy (non-hydrogen) atoms. The van der Waals surface area contributed by atoms with Gasteiger partial charge in [0.05, 0.1) is 17.9 Å². The number of rotatable bonds is 3. The minimum atomic E-state index is -0.335. The summed E-state index contributed by atoms with van der Waals surface area (Å²) in [4.78, 5) is 16.0. The first-order valence-electron chi connectivity index (χ1n) is 7.68. The number of benzene rings is 1. The molecular formula is C18H20N2O2. The molecule has 1 aromatic heterocycles. The van der Waals surface area contributed by atoms with Crippen LogP contribution >= 0.6 is 0 Å². The van der Waals surface area contributed by atoms with Crippen molar-refractivity contribution in [3.8, 4) is 11.3 Å². The van der Waals surface area contributed by atoms with E-state index in [2.05, 4.69) is 23.2 Å². The van der Waals surface area contributed by atoms with Crippen molar-refractivity contribution in [2.75, 3.05) is 6.61 Å². The number of ether oxygens (including phenoxy) is 1. The summed E-state index contributed by atoms with van der Waals surface area (Å²) in [6.45, 7) is 2.16. The first-order chi connectivity index (χ1) is 10.7. The van der Waals surface area contributed by atoms with E-state index in [1.807, 2.05) is 6.07 Å². The molecule has 1 aromatic carbocycles. The molecule has 4 heteroatoms. The normalized spacial score (nSPS) is 16.9. The smallest absolute Gasteiger partial charge is 0.339 e. The van der Waals surface area contributed by atoms with Crippen molar-refractivity contribution >= 4 is 5.97 Å². The van der Waals surface area contributed by atoms with Crippen LogP contribution in [-0.2, 0) is 17.6 Å². The van der Waals surface area contributed by atoms with Crippen LogP contribution in [0.5, 0.6) is 0 Å². The molecular weight excluding hydrogens is 276 g/mol. The number of hydrogen-bond donors (Lipinski definition) is 1. The van der Waals surface area contributed by atoms with Crippen LogP contribution < -0.4 is 5.73 Å². The molecule has 3 rings (SSSR count). The molecule has 0 fully saturated rings. The Bertz CT molecular complexity index is 680. The summed E-state index contributed by atoms with van der Waals surface area (Å²) in [6, 6.07) is 10.3. The van der Waals surface area contributed by atoms with Gasteiger partial charge >= 0.3 is 5.97 Å². The van der Waals surface area contributed by atoms with Gasteiger partial charge in [-0.3, -0.25) is 4.98 Å². The fourth-order valence-electron chi connectivity index (χ4n) is 2.84. The maximum Gasteiger partial charge on any atom is 0.339 e. The van der Waals surface area contributed by atoms with Gasteiger partial charge in [0.25, 0.3) is 0 Å². The van der Waals surface area contributed by atoms with E-state index in [4.69, 9.17) is 10.5 Å². The van der Waals surface area contributed by atoms with Crippen molar-refractivity contribution in [3.63, 3.8) is 0 Å². The summed E-state index contributed by atoms with van der Waals surface area (Å²) in [5, 5.41) is 0. The molecule has 1 aliphatic carbocycles. The average Bonchev–Trinajstić information content (AvgIpc) is 2.54. The monoisotopic (exact) mass is 296 g/mol. The van der Waals surface area contributed by atoms with Crippen LogP contribution in [0.1, 0.15) is 34.8 Å². The zero-order valence-corrected chi connectivity index (χ0v) is 12.7. The number of carbonyl (C=O) groups excluding carboxylic acids is 1. The third kappa shape index (κ3) is 3.02. The number of esters is 1. The molecule has 0 saturated carbocycles. The van der Waals surface area contributed by atoms with Crippen LogP contribution in [0.2, 0.25) is 0 Å². The number of nitrogens with two attached hydrogens (primary N) is 1. The van der Waals surface area contributed by atoms with Gasteiger partial charge in [-0.05, 0) is 55.5 Å². The van der Waals surface area contributed by atoms with E-state index in [-0.39, 0.29) is 12.0 Å². The minimum Gasteiger partial charge on any atom is -0.462 e. The summed E-state index contributed by atoms with van der Waals surface area (Å²) in [5.41, 5.74) is 11.1. The van der Waals surface area contributed by atoms with Gasteiger partial charge in [0, 0.05) is 17.8 Å². The predicted octanol–water partition coefficient (Wildman–Crippen LogP) is 2.74. The van der Waals surface area contributed by atoms with Crippen molar-refractivity contribution < 1.29 is 9.53 Å². The second-order valence-corrected chi connectivity index (χ2v) is 5.64. The fourth-order valence-corrected chi connectivity index (χ4v) is 2.84. The Hall–Kier alpha value is -2.20. The van der Waals surface area contributed by atoms with E-state index < -0.39 is 0 Å². The van der Waals surface area contributed by atoms with Crippen LogP contribution in [0.25, 0.3) is 11.3 Å². The zero-order valence-electron chi connectivity index (χ0n) is 12.7. The van der Waals surface area contributed by atoms with Crippen LogP contribution in [0.4, 0.5) is 0 Å². The van der Waals surface area contributed by atoms with E-state index in [0.717, 1.165) is 30.5 Å². The lowest BCUT2D eigenvalue weighted by Crippen LogP contribution is -2.27. The van der Waals surface area contributed by atoms with E-state index in [1.54, 1.807) is 19.2 Å². The summed E-state index contributed by atoms with van der Waals surface area (Å²) in [6.07, 6.45) is 4.59. The molecule has 2 aromatic rings. The van der Waals surface area contributed by atoms with Gasteiger partial charge in [-0.25, -0.2) is 4.79 Å². The van der Waals surface area contributed by atoms with E-state index in [0.29, 0.717) is 12.2 Å². The summed E-state index contributed by atoms with van der Waals surface area (Å²) in [7, 11) is 0. The van der Waals surface area contributed by atoms with Crippen LogP contribution in [0.15, 0.2) is 36.5 Å². The number of nitrogens with zero attached hydrogens (tertiary/aromatic N) is 1. The molecule has 0 radical (unpaired) electrons. The van der Waals surface area contributed by atoms with Crippen molar-refractivity contribution in [3.05, 3.63) is 53.2 Å². The lowest BCUT2D eigenvalue weighted by atomic mass is 9.87. The number of fused-ring (bicyclic) bond motifs is 1. The maximum atomic E-state index is 11.6. The number of aryl methyl sites for hydroxylation is 1. The molecule has 0 spiro atoms. The van der Waals surface area contributed by atoms with Gasteiger partial charge in [-0.1, -0.05) is 12.1 Å². The van der Waals surface area contributed by atoms with Gasteiger partial charge in [0.15, 0.2) is 0 Å². The first-order valence-corrected chi connectivity index (χ1v) is 7.68. The SMILES string of the molecule is CCOC(=O)c1ccc(-c2ccc3c(c2)CC(N)CC3)nc1. The molecule has 1 heterocycles. The highest BCUT2D eigenvalue weighted by molar-refractivity contribution is 5.89. The lowest BCUT2D eigenvalue weighted by molar-refractivity contribution is 0.0526. The molecule has 1 atom stereocenters. The summed E-state index contributed by atoms with van der Waals surface area (Å²) >= 11 is 0. The van der Waals surface area contributed by atoms with Gasteiger partial charge in [-0.15, -0.1) is 0 Å². The fraction of sp³-hybridized carbons (Fsp3) is 0.333. The van der Waals surface area contributed by atoms with E-state index in [1.165, 1.54) is 11.1 Å². The van der Waals surface area contributed by atoms with Gasteiger partial charge in [0.1, 0.15) is 0 Å². The second kappa shape index (κ2) is 6.28. The molecule has 0 aliphatic heterocycles. The second-order valence-electron chi connectivity index (χ2n) is 5.64. The third-order valence-electron chi connectivity index (χ3n) is 4.04. The third-order valence-corrected chi connectivity index (χ3v) is 4.04. The Labute approximate surface area is 130 Å². The maximum absolute atomic E-state index is 11.6. The lowest BCUT2D eigenvalue weighted by Gasteiger charge is -2.21. The average molecular weight is 296 g/mol. The molecule has 114 valence electrons. The van der Waals surface area contributed by atoms with Gasteiger partial charge in [0.2, 0.25) is 0 Å². The van der Waals surface area contributed by atoms with Crippen molar-refractivity contribution in [1.82, 2.24) is 4.98 Å². The topological polar surface area (TPSA) is 65.2 Å².